The third-order valence-electron chi connectivity index (χ3n) is 4.76. The van der Waals surface area contributed by atoms with Gasteiger partial charge < -0.3 is 19.6 Å². The Balaban J connectivity index is 3.13. The van der Waals surface area contributed by atoms with E-state index in [2.05, 4.69) is 12.2 Å². The molecule has 1 amide bonds. The molecule has 0 aromatic heterocycles. The van der Waals surface area contributed by atoms with Crippen molar-refractivity contribution in [1.29, 1.82) is 0 Å². The smallest absolute Gasteiger partial charge is 0.220 e. The van der Waals surface area contributed by atoms with Gasteiger partial charge in [0.15, 0.2) is 0 Å². The molecule has 166 valence electrons. The fourth-order valence-electron chi connectivity index (χ4n) is 3.10. The Morgan fingerprint density at radius 1 is 0.714 bits per heavy atom. The van der Waals surface area contributed by atoms with Crippen molar-refractivity contribution < 1.29 is 19.1 Å². The lowest BCUT2D eigenvalue weighted by molar-refractivity contribution is -0.121. The number of carbonyl (C=O) groups is 2. The lowest BCUT2D eigenvalue weighted by atomic mass is 10.0. The maximum atomic E-state index is 11.7. The molecule has 1 N–H and O–H groups in total. The van der Waals surface area contributed by atoms with Gasteiger partial charge in [0.25, 0.3) is 0 Å². The summed E-state index contributed by atoms with van der Waals surface area (Å²) in [5.74, 6) is 0.138. The number of rotatable bonds is 23. The van der Waals surface area contributed by atoms with Gasteiger partial charge in [-0.15, -0.1) is 0 Å². The molecule has 0 saturated heterocycles. The predicted molar refractivity (Wildman–Crippen MR) is 116 cm³/mol. The SMILES string of the molecule is CCCOCCOCCNC(=O)CCCCCCCCCCCCCCC=O. The highest BCUT2D eigenvalue weighted by atomic mass is 16.5. The Hall–Kier alpha value is -0.940. The molecular formula is C23H45NO4. The topological polar surface area (TPSA) is 64.6 Å². The average molecular weight is 400 g/mol. The number of unbranched alkanes of at least 4 members (excludes halogenated alkanes) is 12. The minimum atomic E-state index is 0.138. The number of nitrogens with one attached hydrogen (secondary N) is 1. The van der Waals surface area contributed by atoms with Crippen LogP contribution >= 0.6 is 0 Å². The van der Waals surface area contributed by atoms with Crippen LogP contribution in [0.3, 0.4) is 0 Å². The molecule has 0 aromatic rings. The van der Waals surface area contributed by atoms with Crippen molar-refractivity contribution in [2.24, 2.45) is 0 Å². The number of hydrogen-bond acceptors (Lipinski definition) is 4. The number of carbonyl (C=O) groups excluding carboxylic acids is 2. The molecule has 5 nitrogen and oxygen atoms in total. The van der Waals surface area contributed by atoms with Crippen molar-refractivity contribution in [1.82, 2.24) is 5.32 Å². The summed E-state index contributed by atoms with van der Waals surface area (Å²) >= 11 is 0. The van der Waals surface area contributed by atoms with Crippen LogP contribution < -0.4 is 5.32 Å². The molecule has 0 aliphatic rings. The second-order valence-corrected chi connectivity index (χ2v) is 7.52. The molecule has 0 fully saturated rings. The number of aldehydes is 1. The van der Waals surface area contributed by atoms with Gasteiger partial charge >= 0.3 is 0 Å². The highest BCUT2D eigenvalue weighted by Gasteiger charge is 2.00. The fraction of sp³-hybridized carbons (Fsp3) is 0.913. The first-order valence-corrected chi connectivity index (χ1v) is 11.7. The minimum Gasteiger partial charge on any atom is -0.379 e. The first kappa shape index (κ1) is 27.1. The molecular weight excluding hydrogens is 354 g/mol. The molecule has 5 heteroatoms. The van der Waals surface area contributed by atoms with Crippen LogP contribution in [0.5, 0.6) is 0 Å². The van der Waals surface area contributed by atoms with E-state index in [0.29, 0.717) is 32.8 Å². The summed E-state index contributed by atoms with van der Waals surface area (Å²) < 4.78 is 10.7. The molecule has 0 atom stereocenters. The standard InChI is InChI=1S/C23H45NO4/c1-2-19-27-21-22-28-20-17-24-23(26)16-14-12-10-8-6-4-3-5-7-9-11-13-15-18-25/h18H,2-17,19-22H2,1H3,(H,24,26). The lowest BCUT2D eigenvalue weighted by Gasteiger charge is -2.07. The fourth-order valence-corrected chi connectivity index (χ4v) is 3.10. The first-order valence-electron chi connectivity index (χ1n) is 11.7. The maximum Gasteiger partial charge on any atom is 0.220 e. The molecule has 0 spiro atoms. The van der Waals surface area contributed by atoms with Crippen molar-refractivity contribution >= 4 is 12.2 Å². The van der Waals surface area contributed by atoms with Crippen molar-refractivity contribution in [3.8, 4) is 0 Å². The summed E-state index contributed by atoms with van der Waals surface area (Å²) in [6.45, 7) is 5.23. The third kappa shape index (κ3) is 23.1. The van der Waals surface area contributed by atoms with Gasteiger partial charge in [0, 0.05) is 26.0 Å². The van der Waals surface area contributed by atoms with E-state index >= 15 is 0 Å². The molecule has 0 rings (SSSR count). The van der Waals surface area contributed by atoms with Crippen molar-refractivity contribution in [2.75, 3.05) is 33.0 Å². The molecule has 0 radical (unpaired) electrons. The van der Waals surface area contributed by atoms with Crippen LogP contribution in [0.25, 0.3) is 0 Å². The van der Waals surface area contributed by atoms with Crippen LogP contribution in [0.4, 0.5) is 0 Å². The van der Waals surface area contributed by atoms with Gasteiger partial charge in [-0.2, -0.15) is 0 Å². The Labute approximate surface area is 173 Å². The van der Waals surface area contributed by atoms with Crippen molar-refractivity contribution in [3.05, 3.63) is 0 Å². The quantitative estimate of drug-likeness (QED) is 0.189. The van der Waals surface area contributed by atoms with Crippen molar-refractivity contribution in [3.63, 3.8) is 0 Å². The van der Waals surface area contributed by atoms with Gasteiger partial charge in [-0.25, -0.2) is 0 Å². The number of amides is 1. The van der Waals surface area contributed by atoms with E-state index in [-0.39, 0.29) is 5.91 Å². The summed E-state index contributed by atoms with van der Waals surface area (Å²) in [6, 6.07) is 0. The van der Waals surface area contributed by atoms with Crippen LogP contribution in [-0.2, 0) is 19.1 Å². The first-order chi connectivity index (χ1) is 13.8. The lowest BCUT2D eigenvalue weighted by Crippen LogP contribution is -2.27. The Kier molecular flexibility index (Phi) is 23.3. The zero-order chi connectivity index (χ0) is 20.5. The number of ether oxygens (including phenoxy) is 2. The van der Waals surface area contributed by atoms with Crippen LogP contribution in [0.15, 0.2) is 0 Å². The van der Waals surface area contributed by atoms with Crippen LogP contribution in [0.2, 0.25) is 0 Å². The summed E-state index contributed by atoms with van der Waals surface area (Å²) in [4.78, 5) is 21.9. The van der Waals surface area contributed by atoms with Gasteiger partial charge in [-0.05, 0) is 19.3 Å². The monoisotopic (exact) mass is 399 g/mol. The third-order valence-corrected chi connectivity index (χ3v) is 4.76. The zero-order valence-electron chi connectivity index (χ0n) is 18.4. The molecule has 28 heavy (non-hydrogen) atoms. The second-order valence-electron chi connectivity index (χ2n) is 7.52. The summed E-state index contributed by atoms with van der Waals surface area (Å²) in [7, 11) is 0. The molecule has 0 unspecified atom stereocenters. The highest BCUT2D eigenvalue weighted by Crippen LogP contribution is 2.12. The number of hydrogen-bond donors (Lipinski definition) is 1. The summed E-state index contributed by atoms with van der Waals surface area (Å²) in [6.07, 6.45) is 18.2. The molecule has 0 aliphatic carbocycles. The van der Waals surface area contributed by atoms with Gasteiger partial charge in [0.1, 0.15) is 6.29 Å². The molecule has 0 heterocycles. The van der Waals surface area contributed by atoms with Gasteiger partial charge in [-0.1, -0.05) is 71.1 Å². The van der Waals surface area contributed by atoms with E-state index in [0.717, 1.165) is 45.0 Å². The molecule has 0 aliphatic heterocycles. The van der Waals surface area contributed by atoms with E-state index in [4.69, 9.17) is 9.47 Å². The Morgan fingerprint density at radius 2 is 1.21 bits per heavy atom. The maximum absolute atomic E-state index is 11.7. The second kappa shape index (κ2) is 24.1. The van der Waals surface area contributed by atoms with Crippen LogP contribution in [0.1, 0.15) is 103 Å². The summed E-state index contributed by atoms with van der Waals surface area (Å²) in [5.41, 5.74) is 0. The molecule has 0 bridgehead atoms. The van der Waals surface area contributed by atoms with Gasteiger partial charge in [0.05, 0.1) is 19.8 Å². The van der Waals surface area contributed by atoms with E-state index in [9.17, 15) is 9.59 Å². The van der Waals surface area contributed by atoms with E-state index in [1.54, 1.807) is 0 Å². The Bertz CT molecular complexity index is 337. The molecule has 0 aromatic carbocycles. The largest absolute Gasteiger partial charge is 0.379 e. The van der Waals surface area contributed by atoms with Crippen LogP contribution in [-0.4, -0.2) is 45.2 Å². The Morgan fingerprint density at radius 3 is 1.75 bits per heavy atom. The summed E-state index contributed by atoms with van der Waals surface area (Å²) in [5, 5.41) is 2.91. The van der Waals surface area contributed by atoms with E-state index < -0.39 is 0 Å². The van der Waals surface area contributed by atoms with Gasteiger partial charge in [-0.3, -0.25) is 4.79 Å². The minimum absolute atomic E-state index is 0.138. The zero-order valence-corrected chi connectivity index (χ0v) is 18.4. The average Bonchev–Trinajstić information content (AvgIpc) is 2.70. The molecule has 0 saturated carbocycles. The van der Waals surface area contributed by atoms with E-state index in [1.165, 1.54) is 57.8 Å². The normalized spacial score (nSPS) is 10.9. The van der Waals surface area contributed by atoms with Crippen LogP contribution in [0, 0.1) is 0 Å². The van der Waals surface area contributed by atoms with Crippen molar-refractivity contribution in [2.45, 2.75) is 103 Å². The van der Waals surface area contributed by atoms with E-state index in [1.807, 2.05) is 0 Å². The highest BCUT2D eigenvalue weighted by molar-refractivity contribution is 5.75. The predicted octanol–water partition coefficient (Wildman–Crippen LogP) is 5.21. The van der Waals surface area contributed by atoms with Gasteiger partial charge in [0.2, 0.25) is 5.91 Å².